The molecule has 0 saturated carbocycles. The molecule has 2 N–H and O–H groups in total. The van der Waals surface area contributed by atoms with Crippen LogP contribution in [0.15, 0.2) is 53.4 Å². The van der Waals surface area contributed by atoms with Gasteiger partial charge in [-0.3, -0.25) is 9.69 Å². The third-order valence-corrected chi connectivity index (χ3v) is 7.16. The maximum atomic E-state index is 13.0. The van der Waals surface area contributed by atoms with Crippen molar-refractivity contribution in [3.63, 3.8) is 0 Å². The van der Waals surface area contributed by atoms with E-state index in [2.05, 4.69) is 27.1 Å². The maximum absolute atomic E-state index is 13.0. The third-order valence-electron chi connectivity index (χ3n) is 5.38. The van der Waals surface area contributed by atoms with Crippen molar-refractivity contribution in [1.82, 2.24) is 14.9 Å². The highest BCUT2D eigenvalue weighted by Crippen LogP contribution is 2.27. The summed E-state index contributed by atoms with van der Waals surface area (Å²) in [7, 11) is -2.46. The fourth-order valence-electron chi connectivity index (χ4n) is 3.96. The molecular weight excluding hydrogens is 426 g/mol. The molecule has 32 heavy (non-hydrogen) atoms. The number of ether oxygens (including phenoxy) is 1. The van der Waals surface area contributed by atoms with Gasteiger partial charge in [-0.15, -0.1) is 0 Å². The van der Waals surface area contributed by atoms with E-state index in [1.807, 2.05) is 18.2 Å². The Balaban J connectivity index is 1.81. The summed E-state index contributed by atoms with van der Waals surface area (Å²) in [6, 6.07) is 14.7. The summed E-state index contributed by atoms with van der Waals surface area (Å²) in [5, 5.41) is 3.00. The van der Waals surface area contributed by atoms with Crippen LogP contribution in [0, 0.1) is 0 Å². The van der Waals surface area contributed by atoms with E-state index < -0.39 is 15.6 Å². The van der Waals surface area contributed by atoms with Crippen LogP contribution in [0.4, 0.5) is 0 Å². The van der Waals surface area contributed by atoms with Crippen molar-refractivity contribution in [1.29, 1.82) is 0 Å². The SMILES string of the molecule is COc1ccc(C(=O)NCC(c2ccccc2)N2CCCC2)cc1S(=O)(=O)NC(C)(C)C. The smallest absolute Gasteiger partial charge is 0.251 e. The van der Waals surface area contributed by atoms with E-state index in [1.165, 1.54) is 19.2 Å². The highest BCUT2D eigenvalue weighted by Gasteiger charge is 2.27. The van der Waals surface area contributed by atoms with Crippen LogP contribution in [-0.4, -0.2) is 51.5 Å². The van der Waals surface area contributed by atoms with Crippen molar-refractivity contribution >= 4 is 15.9 Å². The topological polar surface area (TPSA) is 87.7 Å². The fourth-order valence-corrected chi connectivity index (χ4v) is 5.58. The number of carbonyl (C=O) groups excluding carboxylic acids is 1. The van der Waals surface area contributed by atoms with Crippen LogP contribution in [0.3, 0.4) is 0 Å². The van der Waals surface area contributed by atoms with Crippen LogP contribution in [0.2, 0.25) is 0 Å². The lowest BCUT2D eigenvalue weighted by molar-refractivity contribution is 0.0937. The predicted molar refractivity (Wildman–Crippen MR) is 125 cm³/mol. The molecule has 1 fully saturated rings. The first-order valence-electron chi connectivity index (χ1n) is 10.9. The molecule has 1 aliphatic heterocycles. The molecule has 1 saturated heterocycles. The molecule has 174 valence electrons. The average Bonchev–Trinajstić information content (AvgIpc) is 3.27. The van der Waals surface area contributed by atoms with Gasteiger partial charge in [0, 0.05) is 17.6 Å². The van der Waals surface area contributed by atoms with Gasteiger partial charge in [-0.1, -0.05) is 30.3 Å². The van der Waals surface area contributed by atoms with E-state index in [0.717, 1.165) is 31.5 Å². The number of hydrogen-bond donors (Lipinski definition) is 2. The van der Waals surface area contributed by atoms with Crippen molar-refractivity contribution in [2.45, 2.75) is 50.1 Å². The molecule has 0 radical (unpaired) electrons. The Kier molecular flexibility index (Phi) is 7.59. The number of carbonyl (C=O) groups is 1. The highest BCUT2D eigenvalue weighted by atomic mass is 32.2. The zero-order valence-corrected chi connectivity index (χ0v) is 20.0. The first-order valence-corrected chi connectivity index (χ1v) is 12.4. The molecule has 8 heteroatoms. The second kappa shape index (κ2) is 10.0. The van der Waals surface area contributed by atoms with Crippen LogP contribution in [0.1, 0.15) is 55.6 Å². The van der Waals surface area contributed by atoms with Gasteiger partial charge >= 0.3 is 0 Å². The van der Waals surface area contributed by atoms with Gasteiger partial charge in [-0.25, -0.2) is 13.1 Å². The number of benzene rings is 2. The zero-order chi connectivity index (χ0) is 23.4. The lowest BCUT2D eigenvalue weighted by Gasteiger charge is -2.28. The Bertz CT molecular complexity index is 1030. The Morgan fingerprint density at radius 1 is 1.09 bits per heavy atom. The molecule has 2 aromatic carbocycles. The Morgan fingerprint density at radius 3 is 2.34 bits per heavy atom. The molecule has 1 aliphatic rings. The first-order chi connectivity index (χ1) is 15.1. The predicted octanol–water partition coefficient (Wildman–Crippen LogP) is 3.34. The van der Waals surface area contributed by atoms with E-state index in [0.29, 0.717) is 6.54 Å². The summed E-state index contributed by atoms with van der Waals surface area (Å²) in [4.78, 5) is 15.3. The van der Waals surface area contributed by atoms with Crippen LogP contribution in [0.25, 0.3) is 0 Å². The largest absolute Gasteiger partial charge is 0.495 e. The quantitative estimate of drug-likeness (QED) is 0.632. The molecular formula is C24H33N3O4S. The minimum absolute atomic E-state index is 0.0540. The zero-order valence-electron chi connectivity index (χ0n) is 19.2. The summed E-state index contributed by atoms with van der Waals surface area (Å²) in [6.45, 7) is 7.72. The summed E-state index contributed by atoms with van der Waals surface area (Å²) in [5.41, 5.74) is 0.760. The number of nitrogens with one attached hydrogen (secondary N) is 2. The Morgan fingerprint density at radius 2 is 1.75 bits per heavy atom. The average molecular weight is 460 g/mol. The molecule has 0 aromatic heterocycles. The molecule has 3 rings (SSSR count). The minimum atomic E-state index is -3.87. The number of amides is 1. The summed E-state index contributed by atoms with van der Waals surface area (Å²) in [5.74, 6) is -0.127. The van der Waals surface area contributed by atoms with E-state index in [-0.39, 0.29) is 28.2 Å². The molecule has 2 aromatic rings. The number of sulfonamides is 1. The number of rotatable bonds is 8. The minimum Gasteiger partial charge on any atom is -0.495 e. The lowest BCUT2D eigenvalue weighted by Crippen LogP contribution is -2.40. The Labute approximate surface area is 191 Å². The van der Waals surface area contributed by atoms with Gasteiger partial charge in [-0.05, 0) is 70.5 Å². The number of methoxy groups -OCH3 is 1. The molecule has 1 unspecified atom stereocenters. The van der Waals surface area contributed by atoms with Crippen LogP contribution < -0.4 is 14.8 Å². The van der Waals surface area contributed by atoms with Gasteiger partial charge in [-0.2, -0.15) is 0 Å². The van der Waals surface area contributed by atoms with Gasteiger partial charge in [0.2, 0.25) is 10.0 Å². The lowest BCUT2D eigenvalue weighted by atomic mass is 10.1. The van der Waals surface area contributed by atoms with Crippen LogP contribution in [-0.2, 0) is 10.0 Å². The molecule has 1 amide bonds. The van der Waals surface area contributed by atoms with Crippen molar-refractivity contribution in [2.24, 2.45) is 0 Å². The van der Waals surface area contributed by atoms with Gasteiger partial charge in [0.05, 0.1) is 13.2 Å². The van der Waals surface area contributed by atoms with Crippen molar-refractivity contribution in [3.05, 3.63) is 59.7 Å². The standard InChI is InChI=1S/C24H33N3O4S/c1-24(2,3)26-32(29,30)22-16-19(12-13-21(22)31-4)23(28)25-17-20(27-14-8-9-15-27)18-10-6-5-7-11-18/h5-7,10-13,16,20,26H,8-9,14-15,17H2,1-4H3,(H,25,28). The molecule has 1 atom stereocenters. The second-order valence-electron chi connectivity index (χ2n) is 9.10. The van der Waals surface area contributed by atoms with Gasteiger partial charge < -0.3 is 10.1 Å². The molecule has 7 nitrogen and oxygen atoms in total. The van der Waals surface area contributed by atoms with Crippen molar-refractivity contribution in [3.8, 4) is 5.75 Å². The number of hydrogen-bond acceptors (Lipinski definition) is 5. The number of nitrogens with zero attached hydrogens (tertiary/aromatic N) is 1. The first kappa shape index (κ1) is 24.2. The fraction of sp³-hybridized carbons (Fsp3) is 0.458. The molecule has 0 bridgehead atoms. The monoisotopic (exact) mass is 459 g/mol. The van der Waals surface area contributed by atoms with Gasteiger partial charge in [0.1, 0.15) is 10.6 Å². The van der Waals surface area contributed by atoms with E-state index in [1.54, 1.807) is 26.8 Å². The highest BCUT2D eigenvalue weighted by molar-refractivity contribution is 7.89. The Hall–Kier alpha value is -2.42. The van der Waals surface area contributed by atoms with Gasteiger partial charge in [0.15, 0.2) is 0 Å². The van der Waals surface area contributed by atoms with Crippen molar-refractivity contribution < 1.29 is 17.9 Å². The van der Waals surface area contributed by atoms with Gasteiger partial charge in [0.25, 0.3) is 5.91 Å². The third kappa shape index (κ3) is 6.09. The molecule has 0 aliphatic carbocycles. The normalized spacial score (nSPS) is 16.0. The van der Waals surface area contributed by atoms with E-state index in [4.69, 9.17) is 4.74 Å². The summed E-state index contributed by atoms with van der Waals surface area (Å²) < 4.78 is 33.7. The van der Waals surface area contributed by atoms with E-state index >= 15 is 0 Å². The summed E-state index contributed by atoms with van der Waals surface area (Å²) >= 11 is 0. The van der Waals surface area contributed by atoms with Crippen LogP contribution >= 0.6 is 0 Å². The maximum Gasteiger partial charge on any atom is 0.251 e. The van der Waals surface area contributed by atoms with Crippen LogP contribution in [0.5, 0.6) is 5.75 Å². The summed E-state index contributed by atoms with van der Waals surface area (Å²) in [6.07, 6.45) is 2.30. The van der Waals surface area contributed by atoms with E-state index in [9.17, 15) is 13.2 Å². The molecule has 1 heterocycles. The molecule has 0 spiro atoms. The second-order valence-corrected chi connectivity index (χ2v) is 10.8. The number of likely N-dealkylation sites (tertiary alicyclic amines) is 1. The van der Waals surface area contributed by atoms with Crippen molar-refractivity contribution in [2.75, 3.05) is 26.7 Å².